The van der Waals surface area contributed by atoms with E-state index in [9.17, 15) is 9.59 Å². The van der Waals surface area contributed by atoms with Crippen LogP contribution in [0.4, 0.5) is 0 Å². The number of carbonyl (C=O) groups excluding carboxylic acids is 2. The summed E-state index contributed by atoms with van der Waals surface area (Å²) in [5.74, 6) is 0.253. The Hall–Kier alpha value is -2.34. The second kappa shape index (κ2) is 8.78. The van der Waals surface area contributed by atoms with Gasteiger partial charge in [0.25, 0.3) is 0 Å². The molecule has 0 aromatic heterocycles. The van der Waals surface area contributed by atoms with Gasteiger partial charge in [0, 0.05) is 6.54 Å². The molecular formula is C22H29NO5. The van der Waals surface area contributed by atoms with Gasteiger partial charge in [-0.1, -0.05) is 6.07 Å². The minimum atomic E-state index is -0.746. The van der Waals surface area contributed by atoms with Gasteiger partial charge < -0.3 is 19.5 Å². The van der Waals surface area contributed by atoms with Crippen LogP contribution in [0.25, 0.3) is 5.57 Å². The first kappa shape index (κ1) is 20.4. The van der Waals surface area contributed by atoms with Crippen molar-refractivity contribution in [3.05, 3.63) is 34.9 Å². The molecule has 6 heteroatoms. The molecule has 0 spiro atoms. The van der Waals surface area contributed by atoms with Crippen molar-refractivity contribution in [1.82, 2.24) is 5.32 Å². The molecule has 0 atom stereocenters. The highest BCUT2D eigenvalue weighted by Crippen LogP contribution is 2.44. The first-order valence-corrected chi connectivity index (χ1v) is 9.99. The number of rotatable bonds is 7. The van der Waals surface area contributed by atoms with E-state index in [0.29, 0.717) is 19.8 Å². The Morgan fingerprint density at radius 3 is 2.32 bits per heavy atom. The number of fused-ring (bicyclic) bond motifs is 2. The van der Waals surface area contributed by atoms with Crippen LogP contribution in [-0.2, 0) is 25.5 Å². The Balaban J connectivity index is 2.03. The zero-order valence-corrected chi connectivity index (χ0v) is 16.9. The number of aryl methyl sites for hydroxylation is 1. The van der Waals surface area contributed by atoms with E-state index in [4.69, 9.17) is 14.2 Å². The first-order valence-electron chi connectivity index (χ1n) is 9.99. The molecule has 0 fully saturated rings. The largest absolute Gasteiger partial charge is 0.497 e. The van der Waals surface area contributed by atoms with Gasteiger partial charge in [0.1, 0.15) is 5.75 Å². The minimum Gasteiger partial charge on any atom is -0.497 e. The Labute approximate surface area is 166 Å². The minimum absolute atomic E-state index is 0.129. The molecule has 3 rings (SSSR count). The van der Waals surface area contributed by atoms with Crippen molar-refractivity contribution in [1.29, 1.82) is 0 Å². The number of ether oxygens (including phenoxy) is 3. The predicted molar refractivity (Wildman–Crippen MR) is 106 cm³/mol. The number of hydrogen-bond acceptors (Lipinski definition) is 6. The summed E-state index contributed by atoms with van der Waals surface area (Å²) < 4.78 is 15.8. The van der Waals surface area contributed by atoms with Crippen LogP contribution in [0.1, 0.15) is 50.7 Å². The maximum atomic E-state index is 12.4. The molecule has 1 N–H and O–H groups in total. The molecule has 2 aliphatic rings. The average molecular weight is 387 g/mol. The summed E-state index contributed by atoms with van der Waals surface area (Å²) in [5, 5.41) is 3.48. The Morgan fingerprint density at radius 2 is 1.71 bits per heavy atom. The fraction of sp³-hybridized carbons (Fsp3) is 0.545. The summed E-state index contributed by atoms with van der Waals surface area (Å²) >= 11 is 0. The van der Waals surface area contributed by atoms with E-state index in [1.54, 1.807) is 21.0 Å². The van der Waals surface area contributed by atoms with Crippen LogP contribution in [0.3, 0.4) is 0 Å². The maximum absolute atomic E-state index is 12.4. The quantitative estimate of drug-likeness (QED) is 0.725. The van der Waals surface area contributed by atoms with E-state index in [1.165, 1.54) is 16.7 Å². The second-order valence-corrected chi connectivity index (χ2v) is 7.20. The van der Waals surface area contributed by atoms with Crippen molar-refractivity contribution < 1.29 is 23.8 Å². The monoisotopic (exact) mass is 387 g/mol. The van der Waals surface area contributed by atoms with E-state index in [2.05, 4.69) is 17.4 Å². The van der Waals surface area contributed by atoms with Crippen molar-refractivity contribution in [2.45, 2.75) is 51.5 Å². The second-order valence-electron chi connectivity index (χ2n) is 7.20. The van der Waals surface area contributed by atoms with E-state index in [-0.39, 0.29) is 24.8 Å². The van der Waals surface area contributed by atoms with Crippen LogP contribution in [-0.4, -0.2) is 44.3 Å². The van der Waals surface area contributed by atoms with Crippen LogP contribution in [0, 0.1) is 0 Å². The molecule has 0 saturated heterocycles. The van der Waals surface area contributed by atoms with Crippen molar-refractivity contribution >= 4 is 17.5 Å². The van der Waals surface area contributed by atoms with Gasteiger partial charge in [0.15, 0.2) is 0 Å². The lowest BCUT2D eigenvalue weighted by Gasteiger charge is -2.43. The van der Waals surface area contributed by atoms with Crippen molar-refractivity contribution in [3.63, 3.8) is 0 Å². The third-order valence-electron chi connectivity index (χ3n) is 5.57. The zero-order chi connectivity index (χ0) is 20.1. The van der Waals surface area contributed by atoms with Gasteiger partial charge >= 0.3 is 11.9 Å². The van der Waals surface area contributed by atoms with Crippen LogP contribution >= 0.6 is 0 Å². The van der Waals surface area contributed by atoms with Crippen LogP contribution in [0.2, 0.25) is 0 Å². The van der Waals surface area contributed by atoms with Crippen LogP contribution in [0.15, 0.2) is 23.8 Å². The molecule has 0 radical (unpaired) electrons. The summed E-state index contributed by atoms with van der Waals surface area (Å²) in [5.41, 5.74) is 4.07. The highest BCUT2D eigenvalue weighted by molar-refractivity contribution is 5.82. The number of nitrogens with one attached hydrogen (secondary N) is 1. The summed E-state index contributed by atoms with van der Waals surface area (Å²) in [6.07, 6.45) is 2.76. The van der Waals surface area contributed by atoms with Crippen molar-refractivity contribution in [3.8, 4) is 5.75 Å². The maximum Gasteiger partial charge on any atom is 0.308 e. The summed E-state index contributed by atoms with van der Waals surface area (Å²) in [6, 6.07) is 6.14. The fourth-order valence-corrected chi connectivity index (χ4v) is 4.44. The Kier molecular flexibility index (Phi) is 6.39. The molecule has 1 aliphatic carbocycles. The molecule has 0 saturated carbocycles. The smallest absolute Gasteiger partial charge is 0.308 e. The number of benzene rings is 1. The van der Waals surface area contributed by atoms with Crippen LogP contribution in [0.5, 0.6) is 5.75 Å². The molecule has 0 amide bonds. The molecule has 6 nitrogen and oxygen atoms in total. The van der Waals surface area contributed by atoms with E-state index < -0.39 is 5.54 Å². The zero-order valence-electron chi connectivity index (χ0n) is 16.9. The van der Waals surface area contributed by atoms with Gasteiger partial charge in [0.2, 0.25) is 0 Å². The SMILES string of the molecule is CCOC(=O)CC1(CC(=O)OCC)NCCC2=C1CCc1cc(OC)ccc12. The lowest BCUT2D eigenvalue weighted by Crippen LogP contribution is -2.54. The molecule has 28 heavy (non-hydrogen) atoms. The summed E-state index contributed by atoms with van der Waals surface area (Å²) in [4.78, 5) is 24.8. The van der Waals surface area contributed by atoms with Gasteiger partial charge in [0.05, 0.1) is 38.7 Å². The van der Waals surface area contributed by atoms with E-state index in [0.717, 1.165) is 30.6 Å². The van der Waals surface area contributed by atoms with Gasteiger partial charge in [-0.25, -0.2) is 0 Å². The third-order valence-corrected chi connectivity index (χ3v) is 5.57. The molecule has 152 valence electrons. The van der Waals surface area contributed by atoms with Gasteiger partial charge in [-0.3, -0.25) is 9.59 Å². The average Bonchev–Trinajstić information content (AvgIpc) is 2.67. The number of esters is 2. The van der Waals surface area contributed by atoms with Gasteiger partial charge in [-0.2, -0.15) is 0 Å². The summed E-state index contributed by atoms with van der Waals surface area (Å²) in [6.45, 7) is 4.92. The Morgan fingerprint density at radius 1 is 1.04 bits per heavy atom. The number of methoxy groups -OCH3 is 1. The van der Waals surface area contributed by atoms with E-state index >= 15 is 0 Å². The molecule has 0 bridgehead atoms. The number of carbonyl (C=O) groups is 2. The summed E-state index contributed by atoms with van der Waals surface area (Å²) in [7, 11) is 1.67. The van der Waals surface area contributed by atoms with Crippen molar-refractivity contribution in [2.75, 3.05) is 26.9 Å². The highest BCUT2D eigenvalue weighted by atomic mass is 16.5. The molecule has 1 aliphatic heterocycles. The third kappa shape index (κ3) is 4.07. The molecule has 1 aromatic carbocycles. The van der Waals surface area contributed by atoms with E-state index in [1.807, 2.05) is 6.07 Å². The first-order chi connectivity index (χ1) is 13.5. The van der Waals surface area contributed by atoms with Crippen LogP contribution < -0.4 is 10.1 Å². The fourth-order valence-electron chi connectivity index (χ4n) is 4.44. The molecule has 0 unspecified atom stereocenters. The molecule has 1 heterocycles. The topological polar surface area (TPSA) is 73.9 Å². The lowest BCUT2D eigenvalue weighted by atomic mass is 9.70. The lowest BCUT2D eigenvalue weighted by molar-refractivity contribution is -0.147. The molecular weight excluding hydrogens is 358 g/mol. The predicted octanol–water partition coefficient (Wildman–Crippen LogP) is 3.03. The number of hydrogen-bond donors (Lipinski definition) is 1. The normalized spacial score (nSPS) is 17.4. The Bertz CT molecular complexity index is 763. The van der Waals surface area contributed by atoms with Crippen molar-refractivity contribution in [2.24, 2.45) is 0 Å². The standard InChI is InChI=1S/C22H29NO5/c1-4-27-20(24)13-22(14-21(25)28-5-2)19-9-6-15-12-16(26-3)7-8-17(15)18(19)10-11-23-22/h7-8,12,23H,4-6,9-11,13-14H2,1-3H3. The molecule has 1 aromatic rings. The van der Waals surface area contributed by atoms with Gasteiger partial charge in [-0.05, 0) is 67.5 Å². The highest BCUT2D eigenvalue weighted by Gasteiger charge is 2.44. The van der Waals surface area contributed by atoms with Gasteiger partial charge in [-0.15, -0.1) is 0 Å².